The number of rotatable bonds is 6. The summed E-state index contributed by atoms with van der Waals surface area (Å²) >= 11 is 0. The van der Waals surface area contributed by atoms with Crippen LogP contribution in [0.25, 0.3) is 0 Å². The molecule has 8 heteroatoms. The molecule has 32 heavy (non-hydrogen) atoms. The molecule has 3 rings (SSSR count). The number of nitrogens with one attached hydrogen (secondary N) is 1. The molecule has 0 aliphatic heterocycles. The van der Waals surface area contributed by atoms with Crippen LogP contribution in [0.5, 0.6) is 5.75 Å². The largest absolute Gasteiger partial charge is 0.491 e. The summed E-state index contributed by atoms with van der Waals surface area (Å²) in [5.74, 6) is 0.446. The van der Waals surface area contributed by atoms with Gasteiger partial charge in [-0.1, -0.05) is 12.1 Å². The maximum absolute atomic E-state index is 13.5. The predicted octanol–water partition coefficient (Wildman–Crippen LogP) is 4.44. The molecule has 0 saturated heterocycles. The Morgan fingerprint density at radius 3 is 2.09 bits per heavy atom. The maximum atomic E-state index is 13.5. The quantitative estimate of drug-likeness (QED) is 0.613. The minimum absolute atomic E-state index is 0.0437. The van der Waals surface area contributed by atoms with Crippen molar-refractivity contribution in [1.82, 2.24) is 14.1 Å². The summed E-state index contributed by atoms with van der Waals surface area (Å²) in [6.07, 6.45) is 0.0437. The van der Waals surface area contributed by atoms with Gasteiger partial charge in [0.25, 0.3) is 0 Å². The van der Waals surface area contributed by atoms with Crippen molar-refractivity contribution < 1.29 is 9.13 Å². The monoisotopic (exact) mass is 440 g/mol. The molecule has 0 spiro atoms. The molecule has 0 fully saturated rings. The topological polar surface area (TPSA) is 78.2 Å². The molecule has 0 amide bonds. The van der Waals surface area contributed by atoms with Crippen molar-refractivity contribution in [3.05, 3.63) is 80.9 Å². The fourth-order valence-corrected chi connectivity index (χ4v) is 3.39. The van der Waals surface area contributed by atoms with Crippen LogP contribution in [0.2, 0.25) is 0 Å². The van der Waals surface area contributed by atoms with Crippen molar-refractivity contribution in [2.45, 2.75) is 59.2 Å². The van der Waals surface area contributed by atoms with Gasteiger partial charge in [-0.3, -0.25) is 4.57 Å². The third-order valence-electron chi connectivity index (χ3n) is 4.91. The molecule has 1 aromatic heterocycles. The van der Waals surface area contributed by atoms with Gasteiger partial charge in [0, 0.05) is 11.2 Å². The standard InChI is InChI=1S/C24H29FN4O3/c1-15(2)32-20-13-11-19(12-14-20)26-21-27-22(30)29(24(4,5)6)23(31)28(21)16(3)17-7-9-18(25)10-8-17/h7-16H,1-6H3,(H,26,27,30)/t16-/m0/s1. The molecular formula is C24H29FN4O3. The second-order valence-corrected chi connectivity index (χ2v) is 8.92. The van der Waals surface area contributed by atoms with Gasteiger partial charge in [0.1, 0.15) is 11.6 Å². The molecule has 0 radical (unpaired) electrons. The lowest BCUT2D eigenvalue weighted by atomic mass is 10.1. The number of hydrogen-bond donors (Lipinski definition) is 1. The lowest BCUT2D eigenvalue weighted by molar-refractivity contribution is 0.242. The van der Waals surface area contributed by atoms with Gasteiger partial charge in [-0.2, -0.15) is 4.98 Å². The SMILES string of the molecule is CC(C)Oc1ccc(Nc2nc(=O)n(C(C)(C)C)c(=O)n2[C@@H](C)c2ccc(F)cc2)cc1. The number of aromatic nitrogens is 3. The summed E-state index contributed by atoms with van der Waals surface area (Å²) in [6, 6.07) is 12.6. The van der Waals surface area contributed by atoms with E-state index in [0.29, 0.717) is 17.0 Å². The summed E-state index contributed by atoms with van der Waals surface area (Å²) in [4.78, 5) is 30.4. The van der Waals surface area contributed by atoms with E-state index < -0.39 is 23.0 Å². The summed E-state index contributed by atoms with van der Waals surface area (Å²) in [7, 11) is 0. The van der Waals surface area contributed by atoms with Gasteiger partial charge < -0.3 is 10.1 Å². The molecular weight excluding hydrogens is 411 g/mol. The van der Waals surface area contributed by atoms with Crippen LogP contribution in [0.15, 0.2) is 58.1 Å². The Bertz CT molecular complexity index is 1190. The maximum Gasteiger partial charge on any atom is 0.355 e. The van der Waals surface area contributed by atoms with Crippen LogP contribution in [0.1, 0.15) is 53.1 Å². The highest BCUT2D eigenvalue weighted by Gasteiger charge is 2.25. The molecule has 1 N–H and O–H groups in total. The van der Waals surface area contributed by atoms with E-state index in [0.717, 1.165) is 4.57 Å². The Balaban J connectivity index is 2.11. The van der Waals surface area contributed by atoms with Gasteiger partial charge in [0.2, 0.25) is 5.95 Å². The number of halogens is 1. The predicted molar refractivity (Wildman–Crippen MR) is 123 cm³/mol. The van der Waals surface area contributed by atoms with Crippen molar-refractivity contribution >= 4 is 11.6 Å². The van der Waals surface area contributed by atoms with Crippen molar-refractivity contribution in [2.75, 3.05) is 5.32 Å². The molecule has 0 unspecified atom stereocenters. The summed E-state index contributed by atoms with van der Waals surface area (Å²) in [5, 5.41) is 3.08. The van der Waals surface area contributed by atoms with Gasteiger partial charge in [0.05, 0.1) is 12.1 Å². The van der Waals surface area contributed by atoms with Gasteiger partial charge in [-0.15, -0.1) is 0 Å². The highest BCUT2D eigenvalue weighted by atomic mass is 19.1. The minimum atomic E-state index is -0.764. The third kappa shape index (κ3) is 5.07. The smallest absolute Gasteiger partial charge is 0.355 e. The van der Waals surface area contributed by atoms with E-state index in [4.69, 9.17) is 4.74 Å². The van der Waals surface area contributed by atoms with Crippen molar-refractivity contribution in [3.63, 3.8) is 0 Å². The Labute approximate surface area is 186 Å². The first-order valence-corrected chi connectivity index (χ1v) is 10.5. The fourth-order valence-electron chi connectivity index (χ4n) is 3.39. The van der Waals surface area contributed by atoms with Crippen LogP contribution in [-0.4, -0.2) is 20.2 Å². The van der Waals surface area contributed by atoms with E-state index in [1.165, 1.54) is 16.7 Å². The first-order chi connectivity index (χ1) is 15.0. The zero-order valence-electron chi connectivity index (χ0n) is 19.2. The van der Waals surface area contributed by atoms with E-state index in [1.54, 1.807) is 64.1 Å². The van der Waals surface area contributed by atoms with E-state index in [1.807, 2.05) is 13.8 Å². The Morgan fingerprint density at radius 1 is 0.969 bits per heavy atom. The Morgan fingerprint density at radius 2 is 1.56 bits per heavy atom. The Hall–Kier alpha value is -3.42. The first kappa shape index (κ1) is 23.2. The average molecular weight is 441 g/mol. The molecule has 1 atom stereocenters. The number of benzene rings is 2. The van der Waals surface area contributed by atoms with Gasteiger partial charge in [0.15, 0.2) is 0 Å². The molecule has 0 saturated carbocycles. The normalized spacial score (nSPS) is 12.6. The molecule has 3 aromatic rings. The van der Waals surface area contributed by atoms with E-state index in [-0.39, 0.29) is 17.9 Å². The second kappa shape index (κ2) is 8.98. The average Bonchev–Trinajstić information content (AvgIpc) is 2.68. The molecule has 7 nitrogen and oxygen atoms in total. The molecule has 0 bridgehead atoms. The van der Waals surface area contributed by atoms with Crippen molar-refractivity contribution in [2.24, 2.45) is 0 Å². The zero-order valence-corrected chi connectivity index (χ0v) is 19.2. The number of anilines is 2. The molecule has 0 aliphatic carbocycles. The lowest BCUT2D eigenvalue weighted by Crippen LogP contribution is -2.50. The number of ether oxygens (including phenoxy) is 1. The number of nitrogens with zero attached hydrogens (tertiary/aromatic N) is 3. The first-order valence-electron chi connectivity index (χ1n) is 10.5. The van der Waals surface area contributed by atoms with Crippen LogP contribution in [0, 0.1) is 5.82 Å². The zero-order chi connectivity index (χ0) is 23.6. The van der Waals surface area contributed by atoms with Crippen LogP contribution in [-0.2, 0) is 5.54 Å². The van der Waals surface area contributed by atoms with Crippen molar-refractivity contribution in [3.8, 4) is 5.75 Å². The summed E-state index contributed by atoms with van der Waals surface area (Å²) < 4.78 is 21.6. The highest BCUT2D eigenvalue weighted by molar-refractivity contribution is 5.55. The Kier molecular flexibility index (Phi) is 6.52. The molecule has 170 valence electrons. The van der Waals surface area contributed by atoms with Crippen LogP contribution >= 0.6 is 0 Å². The molecule has 2 aromatic carbocycles. The van der Waals surface area contributed by atoms with E-state index in [9.17, 15) is 14.0 Å². The fraction of sp³-hybridized carbons (Fsp3) is 0.375. The molecule has 0 aliphatic rings. The summed E-state index contributed by atoms with van der Waals surface area (Å²) in [6.45, 7) is 11.0. The van der Waals surface area contributed by atoms with Crippen molar-refractivity contribution in [1.29, 1.82) is 0 Å². The summed E-state index contributed by atoms with van der Waals surface area (Å²) in [5.41, 5.74) is -0.567. The van der Waals surface area contributed by atoms with E-state index >= 15 is 0 Å². The third-order valence-corrected chi connectivity index (χ3v) is 4.91. The second-order valence-electron chi connectivity index (χ2n) is 8.92. The molecule has 1 heterocycles. The van der Waals surface area contributed by atoms with Crippen LogP contribution in [0.4, 0.5) is 16.0 Å². The minimum Gasteiger partial charge on any atom is -0.491 e. The number of hydrogen-bond acceptors (Lipinski definition) is 5. The van der Waals surface area contributed by atoms with Gasteiger partial charge >= 0.3 is 11.4 Å². The van der Waals surface area contributed by atoms with Gasteiger partial charge in [-0.05, 0) is 83.5 Å². The van der Waals surface area contributed by atoms with Gasteiger partial charge in [-0.25, -0.2) is 18.5 Å². The van der Waals surface area contributed by atoms with E-state index in [2.05, 4.69) is 10.3 Å². The van der Waals surface area contributed by atoms with Crippen LogP contribution in [0.3, 0.4) is 0 Å². The highest BCUT2D eigenvalue weighted by Crippen LogP contribution is 2.24. The van der Waals surface area contributed by atoms with Crippen LogP contribution < -0.4 is 21.4 Å². The lowest BCUT2D eigenvalue weighted by Gasteiger charge is -2.26.